The van der Waals surface area contributed by atoms with E-state index in [1.807, 2.05) is 72.8 Å². The maximum absolute atomic E-state index is 12.6. The summed E-state index contributed by atoms with van der Waals surface area (Å²) >= 11 is 0. The van der Waals surface area contributed by atoms with E-state index in [1.54, 1.807) is 13.2 Å². The van der Waals surface area contributed by atoms with Crippen molar-refractivity contribution in [2.75, 3.05) is 13.7 Å². The molecule has 1 amide bonds. The van der Waals surface area contributed by atoms with Crippen molar-refractivity contribution in [3.05, 3.63) is 95.6 Å². The van der Waals surface area contributed by atoms with Crippen molar-refractivity contribution in [3.63, 3.8) is 0 Å². The molecule has 0 spiro atoms. The number of nitrogens with one attached hydrogen (secondary N) is 1. The second-order valence-corrected chi connectivity index (χ2v) is 6.48. The molecule has 28 heavy (non-hydrogen) atoms. The number of methoxy groups -OCH3 is 1. The summed E-state index contributed by atoms with van der Waals surface area (Å²) in [5, 5.41) is 2.99. The minimum atomic E-state index is -0.113. The van der Waals surface area contributed by atoms with E-state index < -0.39 is 0 Å². The monoisotopic (exact) mass is 375 g/mol. The fourth-order valence-electron chi connectivity index (χ4n) is 2.90. The van der Waals surface area contributed by atoms with Crippen molar-refractivity contribution >= 4 is 5.91 Å². The lowest BCUT2D eigenvalue weighted by Crippen LogP contribution is -2.25. The van der Waals surface area contributed by atoms with E-state index >= 15 is 0 Å². The molecule has 0 saturated carbocycles. The molecule has 0 radical (unpaired) electrons. The number of carbonyl (C=O) groups is 1. The van der Waals surface area contributed by atoms with Crippen molar-refractivity contribution in [2.45, 2.75) is 19.4 Å². The quantitative estimate of drug-likeness (QED) is 0.555. The Hall–Kier alpha value is -3.27. The van der Waals surface area contributed by atoms with Gasteiger partial charge in [0.05, 0.1) is 12.7 Å². The lowest BCUT2D eigenvalue weighted by molar-refractivity contribution is 0.0948. The van der Waals surface area contributed by atoms with Crippen molar-refractivity contribution in [1.82, 2.24) is 5.32 Å². The zero-order valence-corrected chi connectivity index (χ0v) is 16.1. The van der Waals surface area contributed by atoms with Crippen LogP contribution in [0, 0.1) is 0 Å². The highest BCUT2D eigenvalue weighted by Gasteiger charge is 2.11. The van der Waals surface area contributed by atoms with Gasteiger partial charge in [0.1, 0.15) is 18.1 Å². The first-order valence-electron chi connectivity index (χ1n) is 9.43. The van der Waals surface area contributed by atoms with Gasteiger partial charge in [0.25, 0.3) is 5.91 Å². The van der Waals surface area contributed by atoms with Crippen molar-refractivity contribution < 1.29 is 14.3 Å². The molecule has 0 fully saturated rings. The van der Waals surface area contributed by atoms with Crippen molar-refractivity contribution in [3.8, 4) is 11.5 Å². The van der Waals surface area contributed by atoms with Gasteiger partial charge in [0.2, 0.25) is 0 Å². The van der Waals surface area contributed by atoms with Crippen LogP contribution in [-0.2, 0) is 13.0 Å². The summed E-state index contributed by atoms with van der Waals surface area (Å²) in [6.07, 6.45) is 1.77. The first kappa shape index (κ1) is 19.5. The predicted octanol–water partition coefficient (Wildman–Crippen LogP) is 4.64. The number of para-hydroxylation sites is 1. The minimum Gasteiger partial charge on any atom is -0.497 e. The lowest BCUT2D eigenvalue weighted by atomic mass is 10.1. The van der Waals surface area contributed by atoms with Crippen LogP contribution in [0.5, 0.6) is 11.5 Å². The third-order valence-corrected chi connectivity index (χ3v) is 4.46. The number of ether oxygens (including phenoxy) is 2. The number of amides is 1. The molecule has 0 aliphatic heterocycles. The highest BCUT2D eigenvalue weighted by molar-refractivity contribution is 5.96. The number of rotatable bonds is 9. The Bertz CT molecular complexity index is 876. The van der Waals surface area contributed by atoms with Crippen LogP contribution in [0.25, 0.3) is 0 Å². The van der Waals surface area contributed by atoms with Crippen LogP contribution in [0.4, 0.5) is 0 Å². The van der Waals surface area contributed by atoms with Gasteiger partial charge in [-0.25, -0.2) is 0 Å². The van der Waals surface area contributed by atoms with Gasteiger partial charge in [-0.2, -0.15) is 0 Å². The van der Waals surface area contributed by atoms with E-state index in [9.17, 15) is 4.79 Å². The van der Waals surface area contributed by atoms with Gasteiger partial charge in [0, 0.05) is 6.54 Å². The lowest BCUT2D eigenvalue weighted by Gasteiger charge is -2.12. The molecule has 3 aromatic rings. The normalized spacial score (nSPS) is 10.3. The molecular weight excluding hydrogens is 350 g/mol. The first-order chi connectivity index (χ1) is 13.8. The smallest absolute Gasteiger partial charge is 0.255 e. The van der Waals surface area contributed by atoms with Crippen LogP contribution in [0.1, 0.15) is 27.9 Å². The molecule has 0 unspecified atom stereocenters. The van der Waals surface area contributed by atoms with E-state index in [-0.39, 0.29) is 5.91 Å². The Morgan fingerprint density at radius 2 is 1.57 bits per heavy atom. The molecule has 4 nitrogen and oxygen atoms in total. The van der Waals surface area contributed by atoms with E-state index in [2.05, 4.69) is 5.32 Å². The Morgan fingerprint density at radius 1 is 0.857 bits per heavy atom. The molecule has 0 aliphatic carbocycles. The van der Waals surface area contributed by atoms with Crippen molar-refractivity contribution in [2.24, 2.45) is 0 Å². The summed E-state index contributed by atoms with van der Waals surface area (Å²) in [7, 11) is 1.66. The molecule has 0 heterocycles. The minimum absolute atomic E-state index is 0.113. The maximum atomic E-state index is 12.6. The Labute approximate surface area is 166 Å². The average Bonchev–Trinajstić information content (AvgIpc) is 2.76. The van der Waals surface area contributed by atoms with Gasteiger partial charge in [-0.05, 0) is 48.2 Å². The molecule has 3 rings (SSSR count). The van der Waals surface area contributed by atoms with E-state index in [4.69, 9.17) is 9.47 Å². The molecule has 144 valence electrons. The highest BCUT2D eigenvalue weighted by Crippen LogP contribution is 2.19. The fraction of sp³-hybridized carbons (Fsp3) is 0.208. The maximum Gasteiger partial charge on any atom is 0.255 e. The van der Waals surface area contributed by atoms with Gasteiger partial charge in [-0.1, -0.05) is 54.6 Å². The highest BCUT2D eigenvalue weighted by atomic mass is 16.5. The SMILES string of the molecule is COc1ccc(CCCNC(=O)c2ccccc2OCc2ccccc2)cc1. The summed E-state index contributed by atoms with van der Waals surface area (Å²) in [6, 6.07) is 25.3. The van der Waals surface area contributed by atoms with Crippen LogP contribution in [0.2, 0.25) is 0 Å². The predicted molar refractivity (Wildman–Crippen MR) is 111 cm³/mol. The Kier molecular flexibility index (Phi) is 7.08. The van der Waals surface area contributed by atoms with E-state index in [1.165, 1.54) is 5.56 Å². The topological polar surface area (TPSA) is 47.6 Å². The second-order valence-electron chi connectivity index (χ2n) is 6.48. The summed E-state index contributed by atoms with van der Waals surface area (Å²) in [6.45, 7) is 1.04. The summed E-state index contributed by atoms with van der Waals surface area (Å²) in [4.78, 5) is 12.6. The fourth-order valence-corrected chi connectivity index (χ4v) is 2.90. The van der Waals surface area contributed by atoms with Gasteiger partial charge in [-0.3, -0.25) is 4.79 Å². The third-order valence-electron chi connectivity index (χ3n) is 4.46. The van der Waals surface area contributed by atoms with Crippen LogP contribution < -0.4 is 14.8 Å². The molecule has 1 N–H and O–H groups in total. The van der Waals surface area contributed by atoms with Gasteiger partial charge in [0.15, 0.2) is 0 Å². The number of aryl methyl sites for hydroxylation is 1. The van der Waals surface area contributed by atoms with Crippen LogP contribution in [0.15, 0.2) is 78.9 Å². The number of hydrogen-bond acceptors (Lipinski definition) is 3. The molecular formula is C24H25NO3. The Balaban J connectivity index is 1.49. The van der Waals surface area contributed by atoms with Crippen LogP contribution in [0.3, 0.4) is 0 Å². The summed E-state index contributed by atoms with van der Waals surface area (Å²) < 4.78 is 11.0. The molecule has 0 aromatic heterocycles. The number of hydrogen-bond donors (Lipinski definition) is 1. The second kappa shape index (κ2) is 10.2. The molecule has 0 aliphatic rings. The zero-order chi connectivity index (χ0) is 19.6. The summed E-state index contributed by atoms with van der Waals surface area (Å²) in [5.74, 6) is 1.33. The van der Waals surface area contributed by atoms with Crippen LogP contribution in [-0.4, -0.2) is 19.6 Å². The molecule has 3 aromatic carbocycles. The van der Waals surface area contributed by atoms with Crippen molar-refractivity contribution in [1.29, 1.82) is 0 Å². The van der Waals surface area contributed by atoms with E-state index in [0.29, 0.717) is 24.5 Å². The number of carbonyl (C=O) groups excluding carboxylic acids is 1. The van der Waals surface area contributed by atoms with Gasteiger partial charge in [-0.15, -0.1) is 0 Å². The largest absolute Gasteiger partial charge is 0.497 e. The molecule has 0 bridgehead atoms. The summed E-state index contributed by atoms with van der Waals surface area (Å²) in [5.41, 5.74) is 2.85. The zero-order valence-electron chi connectivity index (χ0n) is 16.1. The van der Waals surface area contributed by atoms with Gasteiger partial charge < -0.3 is 14.8 Å². The standard InChI is InChI=1S/C24H25NO3/c1-27-21-15-13-19(14-16-21)10-7-17-25-24(26)22-11-5-6-12-23(22)28-18-20-8-3-2-4-9-20/h2-6,8-9,11-16H,7,10,17-18H2,1H3,(H,25,26). The molecule has 0 atom stereocenters. The molecule has 0 saturated heterocycles. The van der Waals surface area contributed by atoms with E-state index in [0.717, 1.165) is 24.2 Å². The van der Waals surface area contributed by atoms with Crippen LogP contribution >= 0.6 is 0 Å². The number of benzene rings is 3. The first-order valence-corrected chi connectivity index (χ1v) is 9.43. The van der Waals surface area contributed by atoms with Gasteiger partial charge >= 0.3 is 0 Å². The Morgan fingerprint density at radius 3 is 2.32 bits per heavy atom. The average molecular weight is 375 g/mol. The molecule has 4 heteroatoms. The third kappa shape index (κ3) is 5.61.